The van der Waals surface area contributed by atoms with Crippen LogP contribution in [-0.4, -0.2) is 38.2 Å². The van der Waals surface area contributed by atoms with Gasteiger partial charge in [0, 0.05) is 12.2 Å². The van der Waals surface area contributed by atoms with Gasteiger partial charge in [-0.1, -0.05) is 17.7 Å². The number of hydrogen-bond acceptors (Lipinski definition) is 5. The molecule has 0 unspecified atom stereocenters. The van der Waals surface area contributed by atoms with Gasteiger partial charge in [0.1, 0.15) is 18.1 Å². The average molecular weight is 386 g/mol. The van der Waals surface area contributed by atoms with Crippen LogP contribution in [0.15, 0.2) is 42.5 Å². The molecule has 2 amide bonds. The molecular formula is C21H26N2O5. The lowest BCUT2D eigenvalue weighted by atomic mass is 10.1. The summed E-state index contributed by atoms with van der Waals surface area (Å²) in [4.78, 5) is 24.0. The number of hydrogen-bond donors (Lipinski definition) is 2. The Labute approximate surface area is 165 Å². The van der Waals surface area contributed by atoms with Crippen LogP contribution in [0, 0.1) is 13.8 Å². The summed E-state index contributed by atoms with van der Waals surface area (Å²) in [6.07, 6.45) is 0. The van der Waals surface area contributed by atoms with E-state index in [1.54, 1.807) is 24.3 Å². The molecule has 0 aliphatic carbocycles. The normalized spacial score (nSPS) is 10.2. The predicted octanol–water partition coefficient (Wildman–Crippen LogP) is 2.56. The zero-order valence-electron chi connectivity index (χ0n) is 16.4. The summed E-state index contributed by atoms with van der Waals surface area (Å²) in [7, 11) is 0. The van der Waals surface area contributed by atoms with Gasteiger partial charge in [0.15, 0.2) is 6.61 Å². The van der Waals surface area contributed by atoms with Crippen molar-refractivity contribution in [3.8, 4) is 11.5 Å². The molecule has 0 aliphatic heterocycles. The maximum absolute atomic E-state index is 12.1. The lowest BCUT2D eigenvalue weighted by molar-refractivity contribution is -0.123. The second-order valence-corrected chi connectivity index (χ2v) is 6.13. The number of benzene rings is 2. The molecule has 7 nitrogen and oxygen atoms in total. The number of carbonyl (C=O) groups excluding carboxylic acids is 2. The number of amides is 2. The van der Waals surface area contributed by atoms with Crippen molar-refractivity contribution < 1.29 is 23.8 Å². The first-order chi connectivity index (χ1) is 13.5. The van der Waals surface area contributed by atoms with Crippen LogP contribution in [-0.2, 0) is 9.53 Å². The summed E-state index contributed by atoms with van der Waals surface area (Å²) in [6.45, 7) is 7.21. The van der Waals surface area contributed by atoms with E-state index in [-0.39, 0.29) is 6.61 Å². The zero-order chi connectivity index (χ0) is 20.4. The minimum absolute atomic E-state index is 0.198. The molecule has 0 aromatic heterocycles. The molecule has 0 saturated carbocycles. The quantitative estimate of drug-likeness (QED) is 0.511. The fraction of sp³-hybridized carbons (Fsp3) is 0.333. The van der Waals surface area contributed by atoms with Gasteiger partial charge in [-0.15, -0.1) is 0 Å². The number of aryl methyl sites for hydroxylation is 2. The predicted molar refractivity (Wildman–Crippen MR) is 105 cm³/mol. The van der Waals surface area contributed by atoms with Crippen molar-refractivity contribution >= 4 is 11.8 Å². The molecular weight excluding hydrogens is 360 g/mol. The second-order valence-electron chi connectivity index (χ2n) is 6.13. The SMILES string of the molecule is CCOCCOc1ccc(C(=O)NNC(=O)COc2ccc(C)cc2C)cc1. The summed E-state index contributed by atoms with van der Waals surface area (Å²) in [5.74, 6) is 0.388. The van der Waals surface area contributed by atoms with E-state index in [0.29, 0.717) is 36.9 Å². The second kappa shape index (κ2) is 10.9. The smallest absolute Gasteiger partial charge is 0.276 e. The van der Waals surface area contributed by atoms with Crippen LogP contribution in [0.3, 0.4) is 0 Å². The molecule has 2 aromatic rings. The van der Waals surface area contributed by atoms with Gasteiger partial charge in [0.2, 0.25) is 0 Å². The first-order valence-electron chi connectivity index (χ1n) is 9.09. The lowest BCUT2D eigenvalue weighted by Crippen LogP contribution is -2.43. The molecule has 0 bridgehead atoms. The molecule has 2 rings (SSSR count). The van der Waals surface area contributed by atoms with Gasteiger partial charge in [0.05, 0.1) is 6.61 Å². The summed E-state index contributed by atoms with van der Waals surface area (Å²) in [5, 5.41) is 0. The minimum atomic E-state index is -0.454. The molecule has 7 heteroatoms. The van der Waals surface area contributed by atoms with Crippen molar-refractivity contribution in [1.82, 2.24) is 10.9 Å². The highest BCUT2D eigenvalue weighted by atomic mass is 16.5. The fourth-order valence-corrected chi connectivity index (χ4v) is 2.40. The largest absolute Gasteiger partial charge is 0.491 e. The Morgan fingerprint density at radius 1 is 0.929 bits per heavy atom. The van der Waals surface area contributed by atoms with Crippen molar-refractivity contribution in [3.05, 3.63) is 59.2 Å². The number of ether oxygens (including phenoxy) is 3. The van der Waals surface area contributed by atoms with E-state index in [4.69, 9.17) is 14.2 Å². The minimum Gasteiger partial charge on any atom is -0.491 e. The molecule has 0 spiro atoms. The number of nitrogens with one attached hydrogen (secondary N) is 2. The highest BCUT2D eigenvalue weighted by Gasteiger charge is 2.09. The first-order valence-corrected chi connectivity index (χ1v) is 9.09. The summed E-state index contributed by atoms with van der Waals surface area (Å²) in [5.41, 5.74) is 7.15. The molecule has 28 heavy (non-hydrogen) atoms. The highest BCUT2D eigenvalue weighted by Crippen LogP contribution is 2.18. The molecule has 0 fully saturated rings. The summed E-state index contributed by atoms with van der Waals surface area (Å²) < 4.78 is 16.2. The fourth-order valence-electron chi connectivity index (χ4n) is 2.40. The third kappa shape index (κ3) is 6.92. The zero-order valence-corrected chi connectivity index (χ0v) is 16.4. The van der Waals surface area contributed by atoms with Crippen LogP contribution in [0.4, 0.5) is 0 Å². The molecule has 0 saturated heterocycles. The monoisotopic (exact) mass is 386 g/mol. The van der Waals surface area contributed by atoms with Crippen molar-refractivity contribution in [3.63, 3.8) is 0 Å². The Hall–Kier alpha value is -3.06. The van der Waals surface area contributed by atoms with Crippen LogP contribution in [0.5, 0.6) is 11.5 Å². The van der Waals surface area contributed by atoms with Gasteiger partial charge in [-0.25, -0.2) is 0 Å². The molecule has 0 atom stereocenters. The van der Waals surface area contributed by atoms with E-state index >= 15 is 0 Å². The van der Waals surface area contributed by atoms with Gasteiger partial charge in [-0.2, -0.15) is 0 Å². The molecule has 0 radical (unpaired) electrons. The third-order valence-corrected chi connectivity index (χ3v) is 3.82. The maximum atomic E-state index is 12.1. The van der Waals surface area contributed by atoms with Crippen molar-refractivity contribution in [2.24, 2.45) is 0 Å². The summed E-state index contributed by atoms with van der Waals surface area (Å²) >= 11 is 0. The van der Waals surface area contributed by atoms with Gasteiger partial charge in [-0.05, 0) is 56.7 Å². The molecule has 2 aromatic carbocycles. The Bertz CT molecular complexity index is 790. The van der Waals surface area contributed by atoms with Crippen molar-refractivity contribution in [1.29, 1.82) is 0 Å². The van der Waals surface area contributed by atoms with Crippen molar-refractivity contribution in [2.45, 2.75) is 20.8 Å². The van der Waals surface area contributed by atoms with Crippen LogP contribution in [0.25, 0.3) is 0 Å². The number of hydrazine groups is 1. The molecule has 150 valence electrons. The van der Waals surface area contributed by atoms with Crippen LogP contribution >= 0.6 is 0 Å². The van der Waals surface area contributed by atoms with Gasteiger partial charge in [-0.3, -0.25) is 20.4 Å². The molecule has 0 aliphatic rings. The lowest BCUT2D eigenvalue weighted by Gasteiger charge is -2.11. The van der Waals surface area contributed by atoms with Crippen molar-refractivity contribution in [2.75, 3.05) is 26.4 Å². The van der Waals surface area contributed by atoms with E-state index in [2.05, 4.69) is 10.9 Å². The first kappa shape index (κ1) is 21.2. The van der Waals surface area contributed by atoms with E-state index in [1.165, 1.54) is 0 Å². The van der Waals surface area contributed by atoms with Crippen LogP contribution in [0.2, 0.25) is 0 Å². The van der Waals surface area contributed by atoms with Gasteiger partial charge in [0.25, 0.3) is 11.8 Å². The van der Waals surface area contributed by atoms with E-state index in [1.807, 2.05) is 39.0 Å². The Morgan fingerprint density at radius 2 is 1.68 bits per heavy atom. The number of rotatable bonds is 9. The molecule has 2 N–H and O–H groups in total. The topological polar surface area (TPSA) is 85.9 Å². The van der Waals surface area contributed by atoms with E-state index in [9.17, 15) is 9.59 Å². The van der Waals surface area contributed by atoms with Gasteiger partial charge < -0.3 is 14.2 Å². The van der Waals surface area contributed by atoms with E-state index < -0.39 is 11.8 Å². The third-order valence-electron chi connectivity index (χ3n) is 3.82. The Morgan fingerprint density at radius 3 is 2.36 bits per heavy atom. The van der Waals surface area contributed by atoms with Crippen LogP contribution in [0.1, 0.15) is 28.4 Å². The Balaban J connectivity index is 1.74. The van der Waals surface area contributed by atoms with Crippen LogP contribution < -0.4 is 20.3 Å². The summed E-state index contributed by atoms with van der Waals surface area (Å²) in [6, 6.07) is 12.3. The standard InChI is InChI=1S/C21H26N2O5/c1-4-26-11-12-27-18-8-6-17(7-9-18)21(25)23-22-20(24)14-28-19-10-5-15(2)13-16(19)3/h5-10,13H,4,11-12,14H2,1-3H3,(H,22,24)(H,23,25). The van der Waals surface area contributed by atoms with E-state index in [0.717, 1.165) is 11.1 Å². The molecule has 0 heterocycles. The number of carbonyl (C=O) groups is 2. The Kier molecular flexibility index (Phi) is 8.30. The highest BCUT2D eigenvalue weighted by molar-refractivity contribution is 5.95. The maximum Gasteiger partial charge on any atom is 0.276 e. The average Bonchev–Trinajstić information content (AvgIpc) is 2.69. The van der Waals surface area contributed by atoms with Gasteiger partial charge >= 0.3 is 0 Å².